The summed E-state index contributed by atoms with van der Waals surface area (Å²) < 4.78 is 0.971. The molecule has 7 heteroatoms. The van der Waals surface area contributed by atoms with Crippen LogP contribution in [0.15, 0.2) is 27.7 Å². The van der Waals surface area contributed by atoms with Gasteiger partial charge in [0.25, 0.3) is 0 Å². The van der Waals surface area contributed by atoms with Gasteiger partial charge in [0.1, 0.15) is 0 Å². The van der Waals surface area contributed by atoms with Crippen molar-refractivity contribution >= 4 is 39.4 Å². The fourth-order valence-corrected chi connectivity index (χ4v) is 3.62. The molecule has 0 radical (unpaired) electrons. The first-order valence-electron chi connectivity index (χ1n) is 8.13. The van der Waals surface area contributed by atoms with Crippen LogP contribution >= 0.6 is 27.5 Å². The Labute approximate surface area is 157 Å². The third kappa shape index (κ3) is 5.38. The molecular weight excluding hydrogens is 392 g/mol. The number of likely N-dealkylation sites (tertiary alicyclic amines) is 1. The molecule has 0 atom stereocenters. The highest BCUT2D eigenvalue weighted by atomic mass is 79.9. The number of carbonyl (C=O) groups excluding carboxylic acids is 1. The first-order chi connectivity index (χ1) is 11.5. The van der Waals surface area contributed by atoms with Crippen molar-refractivity contribution in [2.75, 3.05) is 27.2 Å². The van der Waals surface area contributed by atoms with Crippen LogP contribution in [0.4, 0.5) is 0 Å². The molecule has 1 saturated heterocycles. The largest absolute Gasteiger partial charge is 0.359 e. The number of benzene rings is 1. The number of nitrogens with zero attached hydrogens (tertiary/aromatic N) is 2. The van der Waals surface area contributed by atoms with E-state index in [0.29, 0.717) is 18.9 Å². The lowest BCUT2D eigenvalue weighted by atomic mass is 9.93. The van der Waals surface area contributed by atoms with Crippen LogP contribution in [-0.2, 0) is 11.3 Å². The molecule has 1 aromatic carbocycles. The van der Waals surface area contributed by atoms with Crippen LogP contribution in [-0.4, -0.2) is 44.0 Å². The number of amides is 1. The van der Waals surface area contributed by atoms with Gasteiger partial charge in [-0.3, -0.25) is 9.79 Å². The Bertz CT molecular complexity index is 600. The third-order valence-corrected chi connectivity index (χ3v) is 5.18. The lowest BCUT2D eigenvalue weighted by Crippen LogP contribution is -2.45. The van der Waals surface area contributed by atoms with Crippen molar-refractivity contribution in [1.29, 1.82) is 0 Å². The van der Waals surface area contributed by atoms with Gasteiger partial charge in [0, 0.05) is 49.6 Å². The molecule has 1 heterocycles. The Morgan fingerprint density at radius 3 is 2.71 bits per heavy atom. The molecule has 2 rings (SSSR count). The molecule has 0 spiro atoms. The van der Waals surface area contributed by atoms with Gasteiger partial charge in [-0.15, -0.1) is 0 Å². The molecule has 0 saturated carbocycles. The highest BCUT2D eigenvalue weighted by Crippen LogP contribution is 2.22. The van der Waals surface area contributed by atoms with Gasteiger partial charge >= 0.3 is 0 Å². The summed E-state index contributed by atoms with van der Waals surface area (Å²) in [5.74, 6) is 1.47. The number of halogens is 2. The van der Waals surface area contributed by atoms with Crippen LogP contribution in [0.1, 0.15) is 24.8 Å². The van der Waals surface area contributed by atoms with Gasteiger partial charge in [-0.1, -0.05) is 33.6 Å². The third-order valence-electron chi connectivity index (χ3n) is 4.33. The van der Waals surface area contributed by atoms with E-state index < -0.39 is 0 Å². The van der Waals surface area contributed by atoms with Gasteiger partial charge in [-0.25, -0.2) is 0 Å². The Hall–Kier alpha value is -1.27. The van der Waals surface area contributed by atoms with Crippen molar-refractivity contribution in [1.82, 2.24) is 15.5 Å². The first kappa shape index (κ1) is 19.1. The van der Waals surface area contributed by atoms with E-state index in [1.54, 1.807) is 14.1 Å². The van der Waals surface area contributed by atoms with E-state index in [9.17, 15) is 4.79 Å². The van der Waals surface area contributed by atoms with Crippen LogP contribution < -0.4 is 10.6 Å². The first-order valence-corrected chi connectivity index (χ1v) is 9.30. The van der Waals surface area contributed by atoms with Crippen molar-refractivity contribution in [3.63, 3.8) is 0 Å². The van der Waals surface area contributed by atoms with Gasteiger partial charge in [0.2, 0.25) is 5.91 Å². The molecule has 2 N–H and O–H groups in total. The van der Waals surface area contributed by atoms with Crippen LogP contribution in [0.3, 0.4) is 0 Å². The maximum atomic E-state index is 11.5. The van der Waals surface area contributed by atoms with Crippen LogP contribution in [0.5, 0.6) is 0 Å². The summed E-state index contributed by atoms with van der Waals surface area (Å²) in [5, 5.41) is 6.81. The van der Waals surface area contributed by atoms with E-state index in [4.69, 9.17) is 11.6 Å². The average Bonchev–Trinajstić information content (AvgIpc) is 2.58. The molecule has 1 aliphatic heterocycles. The minimum Gasteiger partial charge on any atom is -0.359 e. The molecular formula is C17H24BrClN4O. The van der Waals surface area contributed by atoms with Gasteiger partial charge < -0.3 is 15.5 Å². The quantitative estimate of drug-likeness (QED) is 0.587. The summed E-state index contributed by atoms with van der Waals surface area (Å²) in [4.78, 5) is 18.1. The molecule has 5 nitrogen and oxygen atoms in total. The fourth-order valence-electron chi connectivity index (χ4n) is 2.88. The number of hydrogen-bond acceptors (Lipinski definition) is 2. The van der Waals surface area contributed by atoms with Crippen molar-refractivity contribution in [3.05, 3.63) is 33.3 Å². The van der Waals surface area contributed by atoms with Crippen molar-refractivity contribution in [2.45, 2.75) is 25.8 Å². The zero-order valence-electron chi connectivity index (χ0n) is 14.1. The van der Waals surface area contributed by atoms with E-state index in [0.717, 1.165) is 46.9 Å². The highest BCUT2D eigenvalue weighted by molar-refractivity contribution is 9.10. The van der Waals surface area contributed by atoms with Gasteiger partial charge in [0.05, 0.1) is 0 Å². The number of carbonyl (C=O) groups is 1. The number of piperidine rings is 1. The molecule has 1 fully saturated rings. The Balaban J connectivity index is 1.85. The average molecular weight is 416 g/mol. The number of rotatable bonds is 4. The SMILES string of the molecule is CN=C(NCc1ccc(Br)cc1Cl)N1CCC(CC(=O)NC)CC1. The Kier molecular flexibility index (Phi) is 7.37. The maximum Gasteiger partial charge on any atom is 0.220 e. The van der Waals surface area contributed by atoms with Gasteiger partial charge in [-0.05, 0) is 36.5 Å². The lowest BCUT2D eigenvalue weighted by Gasteiger charge is -2.34. The number of guanidine groups is 1. The molecule has 0 bridgehead atoms. The van der Waals surface area contributed by atoms with E-state index in [-0.39, 0.29) is 5.91 Å². The van der Waals surface area contributed by atoms with Gasteiger partial charge in [-0.2, -0.15) is 0 Å². The molecule has 132 valence electrons. The zero-order chi connectivity index (χ0) is 17.5. The molecule has 1 aromatic rings. The summed E-state index contributed by atoms with van der Waals surface area (Å²) in [6, 6.07) is 5.88. The smallest absolute Gasteiger partial charge is 0.220 e. The molecule has 0 aromatic heterocycles. The summed E-state index contributed by atoms with van der Waals surface area (Å²) >= 11 is 9.68. The van der Waals surface area contributed by atoms with E-state index in [1.807, 2.05) is 18.2 Å². The molecule has 1 amide bonds. The summed E-state index contributed by atoms with van der Waals surface area (Å²) in [6.45, 7) is 2.46. The van der Waals surface area contributed by atoms with Crippen LogP contribution in [0.2, 0.25) is 5.02 Å². The standard InChI is InChI=1S/C17H24BrClN4O/c1-20-16(24)9-12-5-7-23(8-6-12)17(21-2)22-11-13-3-4-14(18)10-15(13)19/h3-4,10,12H,5-9,11H2,1-2H3,(H,20,24)(H,21,22). The molecule has 24 heavy (non-hydrogen) atoms. The van der Waals surface area contributed by atoms with Crippen molar-refractivity contribution < 1.29 is 4.79 Å². The number of aliphatic imine (C=N–C) groups is 1. The van der Waals surface area contributed by atoms with Crippen molar-refractivity contribution in [2.24, 2.45) is 10.9 Å². The predicted octanol–water partition coefficient (Wildman–Crippen LogP) is 3.03. The number of hydrogen-bond donors (Lipinski definition) is 2. The molecule has 0 aliphatic carbocycles. The minimum atomic E-state index is 0.126. The summed E-state index contributed by atoms with van der Waals surface area (Å²) in [6.07, 6.45) is 2.63. The normalized spacial score (nSPS) is 16.2. The highest BCUT2D eigenvalue weighted by Gasteiger charge is 2.23. The Morgan fingerprint density at radius 1 is 1.42 bits per heavy atom. The topological polar surface area (TPSA) is 56.7 Å². The van der Waals surface area contributed by atoms with Crippen molar-refractivity contribution in [3.8, 4) is 0 Å². The lowest BCUT2D eigenvalue weighted by molar-refractivity contribution is -0.121. The van der Waals surface area contributed by atoms with E-state index in [2.05, 4.69) is 36.5 Å². The Morgan fingerprint density at radius 2 is 2.12 bits per heavy atom. The minimum absolute atomic E-state index is 0.126. The van der Waals surface area contributed by atoms with Gasteiger partial charge in [0.15, 0.2) is 5.96 Å². The fraction of sp³-hybridized carbons (Fsp3) is 0.529. The maximum absolute atomic E-state index is 11.5. The second-order valence-electron chi connectivity index (χ2n) is 5.94. The van der Waals surface area contributed by atoms with E-state index in [1.165, 1.54) is 0 Å². The molecule has 0 unspecified atom stereocenters. The van der Waals surface area contributed by atoms with Crippen LogP contribution in [0.25, 0.3) is 0 Å². The second-order valence-corrected chi connectivity index (χ2v) is 7.27. The monoisotopic (exact) mass is 414 g/mol. The predicted molar refractivity (Wildman–Crippen MR) is 102 cm³/mol. The summed E-state index contributed by atoms with van der Waals surface area (Å²) in [5.41, 5.74) is 1.04. The van der Waals surface area contributed by atoms with E-state index >= 15 is 0 Å². The number of nitrogens with one attached hydrogen (secondary N) is 2. The van der Waals surface area contributed by atoms with Crippen LogP contribution in [0, 0.1) is 5.92 Å². The molecule has 1 aliphatic rings. The summed E-state index contributed by atoms with van der Waals surface area (Å²) in [7, 11) is 3.48. The second kappa shape index (κ2) is 9.28. The zero-order valence-corrected chi connectivity index (χ0v) is 16.5.